The van der Waals surface area contributed by atoms with E-state index in [1.807, 2.05) is 29.2 Å². The highest BCUT2D eigenvalue weighted by atomic mass is 16.5. The van der Waals surface area contributed by atoms with Crippen LogP contribution in [0.5, 0.6) is 5.75 Å². The van der Waals surface area contributed by atoms with Gasteiger partial charge >= 0.3 is 0 Å². The number of rotatable bonds is 4. The van der Waals surface area contributed by atoms with Crippen LogP contribution in [0.25, 0.3) is 0 Å². The van der Waals surface area contributed by atoms with Gasteiger partial charge in [-0.1, -0.05) is 12.1 Å². The van der Waals surface area contributed by atoms with E-state index in [4.69, 9.17) is 10.5 Å². The van der Waals surface area contributed by atoms with Gasteiger partial charge in [-0.25, -0.2) is 0 Å². The maximum Gasteiger partial charge on any atom is 0.267 e. The van der Waals surface area contributed by atoms with Crippen LogP contribution in [-0.4, -0.2) is 49.0 Å². The number of amides is 2. The van der Waals surface area contributed by atoms with E-state index in [0.29, 0.717) is 31.2 Å². The number of hydrogen-bond acceptors (Lipinski definition) is 4. The maximum absolute atomic E-state index is 12.5. The van der Waals surface area contributed by atoms with Crippen molar-refractivity contribution in [2.75, 3.05) is 31.1 Å². The van der Waals surface area contributed by atoms with Gasteiger partial charge in [0.25, 0.3) is 5.91 Å². The van der Waals surface area contributed by atoms with E-state index in [9.17, 15) is 9.59 Å². The van der Waals surface area contributed by atoms with Crippen molar-refractivity contribution in [3.63, 3.8) is 0 Å². The summed E-state index contributed by atoms with van der Waals surface area (Å²) in [5.74, 6) is 1.24. The van der Waals surface area contributed by atoms with E-state index < -0.39 is 6.10 Å². The molecule has 1 atom stereocenters. The number of benzene rings is 1. The fourth-order valence-electron chi connectivity index (χ4n) is 3.37. The topological polar surface area (TPSA) is 75.9 Å². The Labute approximate surface area is 142 Å². The Morgan fingerprint density at radius 2 is 2.00 bits per heavy atom. The molecule has 6 heteroatoms. The molecule has 1 aromatic rings. The largest absolute Gasteiger partial charge is 0.479 e. The van der Waals surface area contributed by atoms with Gasteiger partial charge in [-0.3, -0.25) is 9.59 Å². The predicted octanol–water partition coefficient (Wildman–Crippen LogP) is 1.39. The molecule has 0 saturated carbocycles. The zero-order valence-corrected chi connectivity index (χ0v) is 14.1. The molecule has 0 aromatic heterocycles. The molecule has 1 unspecified atom stereocenters. The normalized spacial score (nSPS) is 21.4. The SMILES string of the molecule is CC1Oc2ccccc2N(CCC(=O)N2CCC(CN)CC2)C1=O. The Morgan fingerprint density at radius 1 is 1.29 bits per heavy atom. The Bertz CT molecular complexity index is 611. The molecule has 6 nitrogen and oxygen atoms in total. The molecular formula is C18H25N3O3. The van der Waals surface area contributed by atoms with Crippen LogP contribution in [0.1, 0.15) is 26.2 Å². The van der Waals surface area contributed by atoms with Crippen molar-refractivity contribution >= 4 is 17.5 Å². The summed E-state index contributed by atoms with van der Waals surface area (Å²) in [6.45, 7) is 4.36. The Hall–Kier alpha value is -2.08. The molecule has 130 valence electrons. The van der Waals surface area contributed by atoms with E-state index >= 15 is 0 Å². The van der Waals surface area contributed by atoms with Crippen molar-refractivity contribution in [3.8, 4) is 5.75 Å². The third kappa shape index (κ3) is 3.38. The summed E-state index contributed by atoms with van der Waals surface area (Å²) in [7, 11) is 0. The molecule has 1 fully saturated rings. The number of piperidine rings is 1. The van der Waals surface area contributed by atoms with Gasteiger partial charge in [0, 0.05) is 26.1 Å². The fourth-order valence-corrected chi connectivity index (χ4v) is 3.37. The van der Waals surface area contributed by atoms with Gasteiger partial charge in [0.05, 0.1) is 5.69 Å². The molecule has 3 rings (SSSR count). The van der Waals surface area contributed by atoms with Crippen LogP contribution in [0, 0.1) is 5.92 Å². The van der Waals surface area contributed by atoms with Gasteiger partial charge in [-0.05, 0) is 44.4 Å². The zero-order chi connectivity index (χ0) is 17.1. The predicted molar refractivity (Wildman–Crippen MR) is 91.9 cm³/mol. The van der Waals surface area contributed by atoms with Crippen LogP contribution in [0.2, 0.25) is 0 Å². The summed E-state index contributed by atoms with van der Waals surface area (Å²) in [6, 6.07) is 7.46. The smallest absolute Gasteiger partial charge is 0.267 e. The first-order chi connectivity index (χ1) is 11.6. The van der Waals surface area contributed by atoms with Crippen molar-refractivity contribution in [2.45, 2.75) is 32.3 Å². The molecule has 1 aromatic carbocycles. The lowest BCUT2D eigenvalue weighted by Crippen LogP contribution is -2.46. The Kier molecular flexibility index (Phi) is 5.04. The van der Waals surface area contributed by atoms with Crippen molar-refractivity contribution in [3.05, 3.63) is 24.3 Å². The van der Waals surface area contributed by atoms with Gasteiger partial charge < -0.3 is 20.3 Å². The molecule has 2 amide bonds. The summed E-state index contributed by atoms with van der Waals surface area (Å²) in [4.78, 5) is 28.5. The summed E-state index contributed by atoms with van der Waals surface area (Å²) in [5, 5.41) is 0. The van der Waals surface area contributed by atoms with E-state index in [1.54, 1.807) is 11.8 Å². The van der Waals surface area contributed by atoms with E-state index in [0.717, 1.165) is 31.6 Å². The number of fused-ring (bicyclic) bond motifs is 1. The van der Waals surface area contributed by atoms with E-state index in [-0.39, 0.29) is 11.8 Å². The highest BCUT2D eigenvalue weighted by molar-refractivity contribution is 6.00. The van der Waals surface area contributed by atoms with Crippen LogP contribution in [0.15, 0.2) is 24.3 Å². The van der Waals surface area contributed by atoms with E-state index in [2.05, 4.69) is 0 Å². The van der Waals surface area contributed by atoms with Gasteiger partial charge in [-0.2, -0.15) is 0 Å². The second-order valence-corrected chi connectivity index (χ2v) is 6.53. The van der Waals surface area contributed by atoms with Crippen LogP contribution in [0.4, 0.5) is 5.69 Å². The lowest BCUT2D eigenvalue weighted by molar-refractivity contribution is -0.132. The molecule has 0 bridgehead atoms. The Balaban J connectivity index is 1.62. The standard InChI is InChI=1S/C18H25N3O3/c1-13-18(23)21(15-4-2-3-5-16(15)24-13)11-8-17(22)20-9-6-14(12-19)7-10-20/h2-5,13-14H,6-12,19H2,1H3. The number of ether oxygens (including phenoxy) is 1. The monoisotopic (exact) mass is 331 g/mol. The van der Waals surface area contributed by atoms with Crippen LogP contribution >= 0.6 is 0 Å². The molecule has 2 N–H and O–H groups in total. The highest BCUT2D eigenvalue weighted by Gasteiger charge is 2.32. The minimum Gasteiger partial charge on any atom is -0.479 e. The number of nitrogens with two attached hydrogens (primary N) is 1. The average Bonchev–Trinajstić information content (AvgIpc) is 2.62. The molecule has 0 spiro atoms. The first kappa shape index (κ1) is 16.8. The second-order valence-electron chi connectivity index (χ2n) is 6.53. The molecular weight excluding hydrogens is 306 g/mol. The number of carbonyl (C=O) groups is 2. The molecule has 2 aliphatic rings. The van der Waals surface area contributed by atoms with Gasteiger partial charge in [0.2, 0.25) is 5.91 Å². The number of carbonyl (C=O) groups excluding carboxylic acids is 2. The van der Waals surface area contributed by atoms with Crippen molar-refractivity contribution in [1.29, 1.82) is 0 Å². The lowest BCUT2D eigenvalue weighted by Gasteiger charge is -2.34. The van der Waals surface area contributed by atoms with Gasteiger partial charge in [0.15, 0.2) is 6.10 Å². The molecule has 0 aliphatic carbocycles. The van der Waals surface area contributed by atoms with Gasteiger partial charge in [0.1, 0.15) is 5.75 Å². The fraction of sp³-hybridized carbons (Fsp3) is 0.556. The zero-order valence-electron chi connectivity index (χ0n) is 14.1. The third-order valence-electron chi connectivity index (χ3n) is 4.92. The highest BCUT2D eigenvalue weighted by Crippen LogP contribution is 2.33. The first-order valence-corrected chi connectivity index (χ1v) is 8.65. The number of anilines is 1. The first-order valence-electron chi connectivity index (χ1n) is 8.65. The summed E-state index contributed by atoms with van der Waals surface area (Å²) in [5.41, 5.74) is 6.44. The van der Waals surface area contributed by atoms with Crippen molar-refractivity contribution in [2.24, 2.45) is 11.7 Å². The molecule has 2 aliphatic heterocycles. The van der Waals surface area contributed by atoms with Crippen molar-refractivity contribution < 1.29 is 14.3 Å². The average molecular weight is 331 g/mol. The van der Waals surface area contributed by atoms with Gasteiger partial charge in [-0.15, -0.1) is 0 Å². The second kappa shape index (κ2) is 7.21. The summed E-state index contributed by atoms with van der Waals surface area (Å²) >= 11 is 0. The number of para-hydroxylation sites is 2. The van der Waals surface area contributed by atoms with E-state index in [1.165, 1.54) is 0 Å². The summed E-state index contributed by atoms with van der Waals surface area (Å²) < 4.78 is 5.62. The van der Waals surface area contributed by atoms with Crippen LogP contribution in [0.3, 0.4) is 0 Å². The Morgan fingerprint density at radius 3 is 2.71 bits per heavy atom. The lowest BCUT2D eigenvalue weighted by atomic mass is 9.97. The molecule has 0 radical (unpaired) electrons. The number of hydrogen-bond donors (Lipinski definition) is 1. The quantitative estimate of drug-likeness (QED) is 0.904. The molecule has 24 heavy (non-hydrogen) atoms. The maximum atomic E-state index is 12.5. The van der Waals surface area contributed by atoms with Crippen LogP contribution in [-0.2, 0) is 9.59 Å². The number of nitrogens with zero attached hydrogens (tertiary/aromatic N) is 2. The van der Waals surface area contributed by atoms with Crippen molar-refractivity contribution in [1.82, 2.24) is 4.90 Å². The molecule has 2 heterocycles. The minimum absolute atomic E-state index is 0.0941. The molecule has 1 saturated heterocycles. The minimum atomic E-state index is -0.518. The summed E-state index contributed by atoms with van der Waals surface area (Å²) in [6.07, 6.45) is 1.76. The number of likely N-dealkylation sites (tertiary alicyclic amines) is 1. The van der Waals surface area contributed by atoms with Crippen LogP contribution < -0.4 is 15.4 Å². The third-order valence-corrected chi connectivity index (χ3v) is 4.92.